The molecule has 0 fully saturated rings. The van der Waals surface area contributed by atoms with Crippen molar-refractivity contribution in [1.82, 2.24) is 4.90 Å². The Labute approximate surface area is 131 Å². The van der Waals surface area contributed by atoms with Crippen molar-refractivity contribution in [2.75, 3.05) is 6.54 Å². The highest BCUT2D eigenvalue weighted by molar-refractivity contribution is 9.10. The van der Waals surface area contributed by atoms with Gasteiger partial charge in [-0.15, -0.1) is 22.7 Å². The van der Waals surface area contributed by atoms with Crippen LogP contribution in [0.1, 0.15) is 26.2 Å². The number of aliphatic carboxylic acids is 1. The van der Waals surface area contributed by atoms with Crippen LogP contribution in [-0.2, 0) is 11.2 Å². The summed E-state index contributed by atoms with van der Waals surface area (Å²) in [5, 5.41) is 13.2. The Kier molecular flexibility index (Phi) is 3.66. The van der Waals surface area contributed by atoms with E-state index in [1.54, 1.807) is 17.4 Å². The fraction of sp³-hybridized carbons (Fsp3) is 0.231. The Hall–Kier alpha value is -1.18. The van der Waals surface area contributed by atoms with Gasteiger partial charge in [0.15, 0.2) is 6.04 Å². The molecule has 0 spiro atoms. The van der Waals surface area contributed by atoms with Gasteiger partial charge in [-0.05, 0) is 50.8 Å². The molecule has 3 heterocycles. The van der Waals surface area contributed by atoms with Crippen LogP contribution in [0.2, 0.25) is 0 Å². The third kappa shape index (κ3) is 2.19. The van der Waals surface area contributed by atoms with Crippen molar-refractivity contribution in [3.05, 3.63) is 42.7 Å². The van der Waals surface area contributed by atoms with Crippen LogP contribution in [0.3, 0.4) is 0 Å². The van der Waals surface area contributed by atoms with Gasteiger partial charge in [0, 0.05) is 15.9 Å². The maximum absolute atomic E-state index is 12.6. The second kappa shape index (κ2) is 5.31. The minimum atomic E-state index is -0.981. The topological polar surface area (TPSA) is 57.6 Å². The molecule has 0 bridgehead atoms. The number of carbonyl (C=O) groups is 2. The largest absolute Gasteiger partial charge is 0.479 e. The molecule has 0 radical (unpaired) electrons. The fourth-order valence-corrected chi connectivity index (χ4v) is 4.78. The van der Waals surface area contributed by atoms with E-state index in [4.69, 9.17) is 0 Å². The van der Waals surface area contributed by atoms with E-state index in [1.165, 1.54) is 16.2 Å². The molecule has 0 aromatic carbocycles. The summed E-state index contributed by atoms with van der Waals surface area (Å²) in [4.78, 5) is 27.2. The van der Waals surface area contributed by atoms with Gasteiger partial charge < -0.3 is 10.0 Å². The molecule has 0 saturated heterocycles. The van der Waals surface area contributed by atoms with Crippen molar-refractivity contribution >= 4 is 50.5 Å². The number of carboxylic acids is 1. The van der Waals surface area contributed by atoms with Crippen LogP contribution in [0.25, 0.3) is 0 Å². The fourth-order valence-electron chi connectivity index (χ4n) is 2.38. The number of fused-ring (bicyclic) bond motifs is 1. The van der Waals surface area contributed by atoms with Crippen molar-refractivity contribution in [2.24, 2.45) is 0 Å². The van der Waals surface area contributed by atoms with Crippen LogP contribution in [-0.4, -0.2) is 28.4 Å². The van der Waals surface area contributed by atoms with E-state index in [9.17, 15) is 14.7 Å². The quantitative estimate of drug-likeness (QED) is 0.879. The summed E-state index contributed by atoms with van der Waals surface area (Å²) in [6, 6.07) is 2.72. The lowest BCUT2D eigenvalue weighted by molar-refractivity contribution is -0.142. The van der Waals surface area contributed by atoms with Crippen LogP contribution in [0.4, 0.5) is 0 Å². The summed E-state index contributed by atoms with van der Waals surface area (Å²) in [6.07, 6.45) is 0.714. The maximum Gasteiger partial charge on any atom is 0.331 e. The summed E-state index contributed by atoms with van der Waals surface area (Å²) in [7, 11) is 0. The number of amides is 1. The van der Waals surface area contributed by atoms with Gasteiger partial charge in [-0.1, -0.05) is 0 Å². The average Bonchev–Trinajstić information content (AvgIpc) is 3.04. The van der Waals surface area contributed by atoms with E-state index in [2.05, 4.69) is 15.9 Å². The molecule has 104 valence electrons. The average molecular weight is 372 g/mol. The Morgan fingerprint density at radius 2 is 2.05 bits per heavy atom. The van der Waals surface area contributed by atoms with Crippen molar-refractivity contribution in [1.29, 1.82) is 0 Å². The molecule has 0 aliphatic carbocycles. The normalized spacial score (nSPS) is 17.9. The third-order valence-corrected chi connectivity index (χ3v) is 6.09. The van der Waals surface area contributed by atoms with Crippen LogP contribution >= 0.6 is 38.6 Å². The highest BCUT2D eigenvalue weighted by Gasteiger charge is 2.37. The van der Waals surface area contributed by atoms with E-state index in [-0.39, 0.29) is 5.91 Å². The number of carbonyl (C=O) groups excluding carboxylic acids is 1. The number of hydrogen-bond acceptors (Lipinski definition) is 4. The number of carboxylic acid groups (broad SMARTS) is 1. The van der Waals surface area contributed by atoms with Gasteiger partial charge in [-0.2, -0.15) is 0 Å². The van der Waals surface area contributed by atoms with E-state index in [0.717, 1.165) is 10.4 Å². The molecule has 1 N–H and O–H groups in total. The molecule has 3 rings (SSSR count). The van der Waals surface area contributed by atoms with Crippen LogP contribution in [0.5, 0.6) is 0 Å². The minimum Gasteiger partial charge on any atom is -0.479 e. The summed E-state index contributed by atoms with van der Waals surface area (Å²) < 4.78 is 0.716. The van der Waals surface area contributed by atoms with Crippen molar-refractivity contribution in [2.45, 2.75) is 12.5 Å². The maximum atomic E-state index is 12.6. The van der Waals surface area contributed by atoms with Crippen LogP contribution in [0, 0.1) is 0 Å². The zero-order valence-corrected chi connectivity index (χ0v) is 13.4. The van der Waals surface area contributed by atoms with Crippen LogP contribution in [0.15, 0.2) is 27.4 Å². The molecule has 2 aromatic rings. The van der Waals surface area contributed by atoms with Crippen molar-refractivity contribution in [3.63, 3.8) is 0 Å². The first-order valence-corrected chi connectivity index (χ1v) is 8.48. The molecule has 1 atom stereocenters. The predicted octanol–water partition coefficient (Wildman–Crippen LogP) is 3.40. The number of halogens is 1. The van der Waals surface area contributed by atoms with E-state index >= 15 is 0 Å². The SMILES string of the molecule is O=C(O)C1c2ccsc2CCN1C(=O)c1sccc1Br. The highest BCUT2D eigenvalue weighted by Crippen LogP contribution is 2.36. The first kappa shape index (κ1) is 13.8. The van der Waals surface area contributed by atoms with Gasteiger partial charge >= 0.3 is 5.97 Å². The van der Waals surface area contributed by atoms with Gasteiger partial charge in [-0.3, -0.25) is 4.79 Å². The second-order valence-electron chi connectivity index (χ2n) is 4.39. The van der Waals surface area contributed by atoms with Gasteiger partial charge in [0.05, 0.1) is 0 Å². The van der Waals surface area contributed by atoms with Gasteiger partial charge in [0.1, 0.15) is 4.88 Å². The molecule has 1 amide bonds. The Morgan fingerprint density at radius 3 is 2.70 bits per heavy atom. The molecular weight excluding hydrogens is 362 g/mol. The standard InChI is InChI=1S/C13H10BrNO3S2/c14-8-3-6-20-11(8)12(16)15-4-1-9-7(2-5-19-9)10(15)13(17)18/h2-3,5-6,10H,1,4H2,(H,17,18). The predicted molar refractivity (Wildman–Crippen MR) is 81.5 cm³/mol. The monoisotopic (exact) mass is 371 g/mol. The summed E-state index contributed by atoms with van der Waals surface area (Å²) >= 11 is 6.21. The lowest BCUT2D eigenvalue weighted by Crippen LogP contribution is -2.42. The molecule has 1 aliphatic heterocycles. The molecule has 20 heavy (non-hydrogen) atoms. The molecule has 4 nitrogen and oxygen atoms in total. The smallest absolute Gasteiger partial charge is 0.331 e. The van der Waals surface area contributed by atoms with Crippen LogP contribution < -0.4 is 0 Å². The lowest BCUT2D eigenvalue weighted by Gasteiger charge is -2.33. The number of thiophene rings is 2. The summed E-state index contributed by atoms with van der Waals surface area (Å²) in [5.41, 5.74) is 0.745. The second-order valence-corrected chi connectivity index (χ2v) is 7.16. The Balaban J connectivity index is 2.00. The highest BCUT2D eigenvalue weighted by atomic mass is 79.9. The van der Waals surface area contributed by atoms with Crippen molar-refractivity contribution in [3.8, 4) is 0 Å². The first-order chi connectivity index (χ1) is 9.59. The minimum absolute atomic E-state index is 0.226. The molecule has 7 heteroatoms. The molecular formula is C13H10BrNO3S2. The van der Waals surface area contributed by atoms with Gasteiger partial charge in [0.2, 0.25) is 0 Å². The van der Waals surface area contributed by atoms with E-state index < -0.39 is 12.0 Å². The molecule has 2 aromatic heterocycles. The molecule has 0 saturated carbocycles. The van der Waals surface area contributed by atoms with E-state index in [0.29, 0.717) is 22.3 Å². The third-order valence-electron chi connectivity index (χ3n) is 3.27. The molecule has 1 aliphatic rings. The zero-order valence-electron chi connectivity index (χ0n) is 10.2. The van der Waals surface area contributed by atoms with Gasteiger partial charge in [-0.25, -0.2) is 4.79 Å². The number of hydrogen-bond donors (Lipinski definition) is 1. The number of rotatable bonds is 2. The van der Waals surface area contributed by atoms with E-state index in [1.807, 2.05) is 16.8 Å². The summed E-state index contributed by atoms with van der Waals surface area (Å²) in [5.74, 6) is -1.21. The van der Waals surface area contributed by atoms with Gasteiger partial charge in [0.25, 0.3) is 5.91 Å². The number of nitrogens with zero attached hydrogens (tertiary/aromatic N) is 1. The summed E-state index contributed by atoms with van der Waals surface area (Å²) in [6.45, 7) is 0.438. The molecule has 1 unspecified atom stereocenters. The first-order valence-electron chi connectivity index (χ1n) is 5.92. The zero-order chi connectivity index (χ0) is 14.3. The lowest BCUT2D eigenvalue weighted by atomic mass is 10.00. The van der Waals surface area contributed by atoms with Crippen molar-refractivity contribution < 1.29 is 14.7 Å². The Bertz CT molecular complexity index is 679. The Morgan fingerprint density at radius 1 is 1.30 bits per heavy atom.